The Morgan fingerprint density at radius 2 is 2.35 bits per heavy atom. The highest BCUT2D eigenvalue weighted by molar-refractivity contribution is 5.26. The van der Waals surface area contributed by atoms with Crippen LogP contribution in [0.3, 0.4) is 0 Å². The van der Waals surface area contributed by atoms with Crippen LogP contribution in [-0.2, 0) is 4.74 Å². The number of nitrogen functional groups attached to an aromatic ring is 1. The molecule has 1 aliphatic heterocycles. The molecule has 2 N–H and O–H groups in total. The summed E-state index contributed by atoms with van der Waals surface area (Å²) in [6.45, 7) is -0.0629. The van der Waals surface area contributed by atoms with E-state index in [1.165, 1.54) is 6.08 Å². The Morgan fingerprint density at radius 1 is 1.59 bits per heavy atom. The molecule has 2 heterocycles. The Morgan fingerprint density at radius 3 is 3.06 bits per heavy atom. The summed E-state index contributed by atoms with van der Waals surface area (Å²) in [4.78, 5) is 24.8. The van der Waals surface area contributed by atoms with Crippen LogP contribution in [0.15, 0.2) is 28.3 Å². The molecule has 0 radical (unpaired) electrons. The van der Waals surface area contributed by atoms with E-state index < -0.39 is 29.7 Å². The first-order valence-electron chi connectivity index (χ1n) is 4.79. The molecule has 0 fully saturated rings. The number of anilines is 1. The summed E-state index contributed by atoms with van der Waals surface area (Å²) in [6.07, 6.45) is 2.71. The summed E-state index contributed by atoms with van der Waals surface area (Å²) in [5.74, 6) is -1.27. The molecule has 2 atom stereocenters. The van der Waals surface area contributed by atoms with Crippen molar-refractivity contribution >= 4 is 5.82 Å². The minimum atomic E-state index is -0.807. The normalized spacial score (nSPS) is 22.9. The Hall–Kier alpha value is -2.09. The van der Waals surface area contributed by atoms with E-state index in [-0.39, 0.29) is 6.54 Å². The number of nitrogens with two attached hydrogens (primary N) is 1. The van der Waals surface area contributed by atoms with Gasteiger partial charge in [-0.2, -0.15) is 9.89 Å². The number of hydrogen-bond acceptors (Lipinski definition) is 6. The lowest BCUT2D eigenvalue weighted by Crippen LogP contribution is -2.29. The van der Waals surface area contributed by atoms with E-state index in [0.29, 0.717) is 0 Å². The third-order valence-corrected chi connectivity index (χ3v) is 2.27. The van der Waals surface area contributed by atoms with Crippen molar-refractivity contribution in [2.45, 2.75) is 12.3 Å². The highest BCUT2D eigenvalue weighted by Crippen LogP contribution is 2.20. The Balaban J connectivity index is 2.25. The van der Waals surface area contributed by atoms with Crippen molar-refractivity contribution in [1.29, 1.82) is 0 Å². The molecule has 2 unspecified atom stereocenters. The lowest BCUT2D eigenvalue weighted by molar-refractivity contribution is 0.0195. The molecular weight excluding hydrogens is 231 g/mol. The first-order valence-corrected chi connectivity index (χ1v) is 4.79. The topological polar surface area (TPSA) is 99.6 Å². The van der Waals surface area contributed by atoms with Gasteiger partial charge in [0.1, 0.15) is 12.6 Å². The molecule has 0 saturated carbocycles. The molecule has 8 heteroatoms. The smallest absolute Gasteiger partial charge is 0.352 e. The zero-order valence-electron chi connectivity index (χ0n) is 8.62. The molecule has 17 heavy (non-hydrogen) atoms. The van der Waals surface area contributed by atoms with Gasteiger partial charge in [0.2, 0.25) is 0 Å². The standard InChI is InChI=1S/C9H9FN4O3/c10-6-4-14(9(15)13-8(6)11)7-2-1-5(17-7)3-12-16/h1-2,4-5,7H,3H2,(H2,11,13,15). The van der Waals surface area contributed by atoms with Crippen LogP contribution >= 0.6 is 0 Å². The second-order valence-electron chi connectivity index (χ2n) is 3.43. The predicted octanol–water partition coefficient (Wildman–Crippen LogP) is 0.185. The zero-order valence-corrected chi connectivity index (χ0v) is 8.62. The summed E-state index contributed by atoms with van der Waals surface area (Å²) >= 11 is 0. The van der Waals surface area contributed by atoms with Gasteiger partial charge in [0.25, 0.3) is 0 Å². The number of ether oxygens (including phenoxy) is 1. The fourth-order valence-electron chi connectivity index (χ4n) is 1.46. The Kier molecular flexibility index (Phi) is 2.96. The monoisotopic (exact) mass is 240 g/mol. The molecule has 1 aromatic heterocycles. The van der Waals surface area contributed by atoms with Gasteiger partial charge in [-0.15, -0.1) is 0 Å². The molecule has 2 rings (SSSR count). The van der Waals surface area contributed by atoms with Crippen LogP contribution < -0.4 is 11.4 Å². The maximum absolute atomic E-state index is 13.2. The lowest BCUT2D eigenvalue weighted by Gasteiger charge is -2.14. The third-order valence-electron chi connectivity index (χ3n) is 2.27. The van der Waals surface area contributed by atoms with Gasteiger partial charge in [0, 0.05) is 0 Å². The number of rotatable bonds is 3. The second kappa shape index (κ2) is 4.42. The molecule has 1 aliphatic rings. The molecule has 1 aromatic rings. The molecule has 0 spiro atoms. The van der Waals surface area contributed by atoms with E-state index in [9.17, 15) is 14.1 Å². The molecule has 90 valence electrons. The lowest BCUT2D eigenvalue weighted by atomic mass is 10.3. The molecule has 0 aromatic carbocycles. The second-order valence-corrected chi connectivity index (χ2v) is 3.43. The molecule has 0 saturated heterocycles. The number of hydrogen-bond donors (Lipinski definition) is 1. The van der Waals surface area contributed by atoms with Gasteiger partial charge in [-0.25, -0.2) is 9.18 Å². The van der Waals surface area contributed by atoms with E-state index in [1.54, 1.807) is 6.08 Å². The molecule has 7 nitrogen and oxygen atoms in total. The van der Waals surface area contributed by atoms with Gasteiger partial charge in [0.05, 0.1) is 6.20 Å². The van der Waals surface area contributed by atoms with Crippen molar-refractivity contribution in [1.82, 2.24) is 9.55 Å². The van der Waals surface area contributed by atoms with E-state index in [0.717, 1.165) is 10.8 Å². The van der Waals surface area contributed by atoms with E-state index in [2.05, 4.69) is 10.2 Å². The number of nitroso groups, excluding NO2 is 1. The van der Waals surface area contributed by atoms with Crippen molar-refractivity contribution in [2.75, 3.05) is 12.3 Å². The summed E-state index contributed by atoms with van der Waals surface area (Å²) < 4.78 is 19.4. The van der Waals surface area contributed by atoms with Crippen LogP contribution in [-0.4, -0.2) is 22.2 Å². The molecule has 0 amide bonds. The molecular formula is C9H9FN4O3. The highest BCUT2D eigenvalue weighted by Gasteiger charge is 2.22. The van der Waals surface area contributed by atoms with Crippen LogP contribution in [0.2, 0.25) is 0 Å². The van der Waals surface area contributed by atoms with Gasteiger partial charge >= 0.3 is 5.69 Å². The number of nitrogens with zero attached hydrogens (tertiary/aromatic N) is 3. The SMILES string of the molecule is Nc1nc(=O)n(C2C=CC(CN=O)O2)cc1F. The maximum Gasteiger partial charge on any atom is 0.352 e. The van der Waals surface area contributed by atoms with Crippen LogP contribution in [0, 0.1) is 10.7 Å². The van der Waals surface area contributed by atoms with Crippen LogP contribution in [0.1, 0.15) is 6.23 Å². The fraction of sp³-hybridized carbons (Fsp3) is 0.333. The largest absolute Gasteiger partial charge is 0.381 e. The first-order chi connectivity index (χ1) is 8.11. The average Bonchev–Trinajstić information content (AvgIpc) is 2.72. The summed E-state index contributed by atoms with van der Waals surface area (Å²) in [6, 6.07) is 0. The van der Waals surface area contributed by atoms with E-state index >= 15 is 0 Å². The summed E-state index contributed by atoms with van der Waals surface area (Å²) in [7, 11) is 0. The van der Waals surface area contributed by atoms with Crippen LogP contribution in [0.25, 0.3) is 0 Å². The van der Waals surface area contributed by atoms with Gasteiger partial charge in [0.15, 0.2) is 17.9 Å². The van der Waals surface area contributed by atoms with E-state index in [4.69, 9.17) is 10.5 Å². The first kappa shape index (κ1) is 11.4. The van der Waals surface area contributed by atoms with E-state index in [1.807, 2.05) is 0 Å². The van der Waals surface area contributed by atoms with Gasteiger partial charge < -0.3 is 10.5 Å². The van der Waals surface area contributed by atoms with Crippen LogP contribution in [0.4, 0.5) is 10.2 Å². The van der Waals surface area contributed by atoms with Gasteiger partial charge in [-0.3, -0.25) is 4.57 Å². The van der Waals surface area contributed by atoms with Crippen LogP contribution in [0.5, 0.6) is 0 Å². The van der Waals surface area contributed by atoms with Crippen molar-refractivity contribution in [3.05, 3.63) is 39.6 Å². The summed E-state index contributed by atoms with van der Waals surface area (Å²) in [5.41, 5.74) is 4.42. The van der Waals surface area contributed by atoms with Crippen molar-refractivity contribution < 1.29 is 9.13 Å². The fourth-order valence-corrected chi connectivity index (χ4v) is 1.46. The quantitative estimate of drug-likeness (QED) is 0.600. The third kappa shape index (κ3) is 2.21. The van der Waals surface area contributed by atoms with Crippen molar-refractivity contribution in [3.63, 3.8) is 0 Å². The molecule has 0 aliphatic carbocycles. The summed E-state index contributed by atoms with van der Waals surface area (Å²) in [5, 5.41) is 2.68. The minimum absolute atomic E-state index is 0.0629. The Labute approximate surface area is 94.7 Å². The highest BCUT2D eigenvalue weighted by atomic mass is 19.1. The average molecular weight is 240 g/mol. The van der Waals surface area contributed by atoms with Gasteiger partial charge in [-0.05, 0) is 6.08 Å². The predicted molar refractivity (Wildman–Crippen MR) is 56.6 cm³/mol. The molecule has 0 bridgehead atoms. The minimum Gasteiger partial charge on any atom is -0.381 e. The Bertz CT molecular complexity index is 527. The maximum atomic E-state index is 13.2. The van der Waals surface area contributed by atoms with Crippen molar-refractivity contribution in [2.24, 2.45) is 5.18 Å². The number of halogens is 1. The van der Waals surface area contributed by atoms with Crippen molar-refractivity contribution in [3.8, 4) is 0 Å². The number of aromatic nitrogens is 2. The zero-order chi connectivity index (χ0) is 12.4. The van der Waals surface area contributed by atoms with Gasteiger partial charge in [-0.1, -0.05) is 11.3 Å².